The first-order valence-electron chi connectivity index (χ1n) is 4.39. The lowest BCUT2D eigenvalue weighted by Gasteiger charge is -2.16. The van der Waals surface area contributed by atoms with Crippen LogP contribution in [0.5, 0.6) is 0 Å². The van der Waals surface area contributed by atoms with E-state index in [1.165, 1.54) is 0 Å². The molecule has 78 valence electrons. The minimum Gasteiger partial charge on any atom is -0.394 e. The second kappa shape index (κ2) is 4.77. The van der Waals surface area contributed by atoms with Crippen molar-refractivity contribution in [2.75, 3.05) is 25.6 Å². The van der Waals surface area contributed by atoms with Gasteiger partial charge >= 0.3 is 0 Å². The molecular weight excluding hydrogens is 244 g/mol. The zero-order valence-corrected chi connectivity index (χ0v) is 9.95. The Balaban J connectivity index is 3.01. The second-order valence-electron chi connectivity index (χ2n) is 3.39. The van der Waals surface area contributed by atoms with Gasteiger partial charge in [-0.2, -0.15) is 0 Å². The fourth-order valence-electron chi connectivity index (χ4n) is 1.19. The smallest absolute Gasteiger partial charge is 0.0624 e. The van der Waals surface area contributed by atoms with Crippen LogP contribution in [-0.4, -0.2) is 25.8 Å². The molecule has 3 N–H and O–H groups in total. The summed E-state index contributed by atoms with van der Waals surface area (Å²) in [6.45, 7) is -0.0418. The largest absolute Gasteiger partial charge is 0.394 e. The number of rotatable bonds is 3. The highest BCUT2D eigenvalue weighted by molar-refractivity contribution is 9.10. The first-order chi connectivity index (χ1) is 6.56. The third kappa shape index (κ3) is 2.47. The van der Waals surface area contributed by atoms with Crippen LogP contribution in [0.15, 0.2) is 22.7 Å². The van der Waals surface area contributed by atoms with Crippen LogP contribution in [0.25, 0.3) is 0 Å². The summed E-state index contributed by atoms with van der Waals surface area (Å²) in [5.41, 5.74) is 7.76. The number of hydrogen-bond donors (Lipinski definition) is 2. The third-order valence-electron chi connectivity index (χ3n) is 2.10. The lowest BCUT2D eigenvalue weighted by Crippen LogP contribution is -2.15. The van der Waals surface area contributed by atoms with Crippen molar-refractivity contribution in [3.05, 3.63) is 28.2 Å². The number of nitrogens with zero attached hydrogens (tertiary/aromatic N) is 1. The molecule has 0 aliphatic heterocycles. The lowest BCUT2D eigenvalue weighted by molar-refractivity contribution is 0.267. The molecule has 0 radical (unpaired) electrons. The molecule has 3 nitrogen and oxygen atoms in total. The average Bonchev–Trinajstić information content (AvgIpc) is 2.16. The normalized spacial score (nSPS) is 12.6. The summed E-state index contributed by atoms with van der Waals surface area (Å²) in [5, 5.41) is 8.93. The van der Waals surface area contributed by atoms with Gasteiger partial charge in [0.25, 0.3) is 0 Å². The van der Waals surface area contributed by atoms with E-state index in [0.717, 1.165) is 15.7 Å². The minimum absolute atomic E-state index is 0.0418. The lowest BCUT2D eigenvalue weighted by atomic mass is 10.1. The quantitative estimate of drug-likeness (QED) is 0.865. The third-order valence-corrected chi connectivity index (χ3v) is 2.78. The summed E-state index contributed by atoms with van der Waals surface area (Å²) in [6.07, 6.45) is 0. The van der Waals surface area contributed by atoms with Gasteiger partial charge in [-0.3, -0.25) is 0 Å². The van der Waals surface area contributed by atoms with E-state index in [4.69, 9.17) is 10.8 Å². The van der Waals surface area contributed by atoms with Crippen LogP contribution in [-0.2, 0) is 0 Å². The Labute approximate surface area is 92.7 Å². The van der Waals surface area contributed by atoms with Crippen molar-refractivity contribution in [1.82, 2.24) is 0 Å². The molecule has 1 atom stereocenters. The Morgan fingerprint density at radius 3 is 2.57 bits per heavy atom. The zero-order valence-electron chi connectivity index (χ0n) is 8.37. The molecule has 0 saturated carbocycles. The van der Waals surface area contributed by atoms with E-state index in [0.29, 0.717) is 0 Å². The molecule has 0 unspecified atom stereocenters. The molecule has 0 heterocycles. The maximum Gasteiger partial charge on any atom is 0.0624 e. The molecule has 4 heteroatoms. The summed E-state index contributed by atoms with van der Waals surface area (Å²) in [4.78, 5) is 2.01. The van der Waals surface area contributed by atoms with E-state index in [-0.39, 0.29) is 12.6 Å². The SMILES string of the molecule is CN(C)c1ccc([C@@H](N)CO)c(Br)c1. The van der Waals surface area contributed by atoms with Gasteiger partial charge in [-0.1, -0.05) is 22.0 Å². The van der Waals surface area contributed by atoms with Gasteiger partial charge < -0.3 is 15.7 Å². The molecule has 0 aliphatic carbocycles. The molecule has 0 aromatic heterocycles. The van der Waals surface area contributed by atoms with Gasteiger partial charge in [0.05, 0.1) is 12.6 Å². The fourth-order valence-corrected chi connectivity index (χ4v) is 1.85. The van der Waals surface area contributed by atoms with Crippen molar-refractivity contribution in [2.45, 2.75) is 6.04 Å². The van der Waals surface area contributed by atoms with E-state index in [1.807, 2.05) is 37.2 Å². The molecule has 1 aromatic rings. The summed E-state index contributed by atoms with van der Waals surface area (Å²) >= 11 is 3.44. The van der Waals surface area contributed by atoms with Crippen molar-refractivity contribution in [2.24, 2.45) is 5.73 Å². The number of aliphatic hydroxyl groups is 1. The number of halogens is 1. The zero-order chi connectivity index (χ0) is 10.7. The Bertz CT molecular complexity index is 315. The highest BCUT2D eigenvalue weighted by Crippen LogP contribution is 2.26. The van der Waals surface area contributed by atoms with Crippen molar-refractivity contribution >= 4 is 21.6 Å². The maximum atomic E-state index is 8.93. The molecule has 1 rings (SSSR count). The van der Waals surface area contributed by atoms with Crippen LogP contribution in [0.3, 0.4) is 0 Å². The van der Waals surface area contributed by atoms with E-state index < -0.39 is 0 Å². The van der Waals surface area contributed by atoms with E-state index in [1.54, 1.807) is 0 Å². The van der Waals surface area contributed by atoms with Crippen molar-refractivity contribution in [1.29, 1.82) is 0 Å². The predicted octanol–water partition coefficient (Wildman–Crippen LogP) is 1.51. The highest BCUT2D eigenvalue weighted by atomic mass is 79.9. The maximum absolute atomic E-state index is 8.93. The monoisotopic (exact) mass is 258 g/mol. The van der Waals surface area contributed by atoms with Crippen LogP contribution in [0, 0.1) is 0 Å². The summed E-state index contributed by atoms with van der Waals surface area (Å²) < 4.78 is 0.935. The van der Waals surface area contributed by atoms with Crippen LogP contribution in [0.2, 0.25) is 0 Å². The Morgan fingerprint density at radius 1 is 1.50 bits per heavy atom. The summed E-state index contributed by atoms with van der Waals surface area (Å²) in [6, 6.07) is 5.58. The van der Waals surface area contributed by atoms with Gasteiger partial charge in [0, 0.05) is 24.3 Å². The van der Waals surface area contributed by atoms with Crippen LogP contribution < -0.4 is 10.6 Å². The van der Waals surface area contributed by atoms with Crippen molar-refractivity contribution < 1.29 is 5.11 Å². The summed E-state index contributed by atoms with van der Waals surface area (Å²) in [5.74, 6) is 0. The van der Waals surface area contributed by atoms with Gasteiger partial charge in [0.2, 0.25) is 0 Å². The topological polar surface area (TPSA) is 49.5 Å². The number of benzene rings is 1. The van der Waals surface area contributed by atoms with Crippen LogP contribution in [0.4, 0.5) is 5.69 Å². The molecule has 0 spiro atoms. The van der Waals surface area contributed by atoms with Gasteiger partial charge in [-0.15, -0.1) is 0 Å². The van der Waals surface area contributed by atoms with Crippen molar-refractivity contribution in [3.63, 3.8) is 0 Å². The van der Waals surface area contributed by atoms with E-state index >= 15 is 0 Å². The average molecular weight is 259 g/mol. The molecule has 0 aliphatic rings. The molecule has 14 heavy (non-hydrogen) atoms. The van der Waals surface area contributed by atoms with Gasteiger partial charge in [0.15, 0.2) is 0 Å². The number of nitrogens with two attached hydrogens (primary N) is 1. The first-order valence-corrected chi connectivity index (χ1v) is 5.18. The Kier molecular flexibility index (Phi) is 3.92. The number of hydrogen-bond acceptors (Lipinski definition) is 3. The standard InChI is InChI=1S/C10H15BrN2O/c1-13(2)7-3-4-8(9(11)5-7)10(12)6-14/h3-5,10,14H,6,12H2,1-2H3/t10-/m0/s1. The van der Waals surface area contributed by atoms with Gasteiger partial charge in [-0.25, -0.2) is 0 Å². The first kappa shape index (κ1) is 11.5. The minimum atomic E-state index is -0.319. The predicted molar refractivity (Wildman–Crippen MR) is 62.5 cm³/mol. The second-order valence-corrected chi connectivity index (χ2v) is 4.24. The van der Waals surface area contributed by atoms with Gasteiger partial charge in [0.1, 0.15) is 0 Å². The molecular formula is C10H15BrN2O. The van der Waals surface area contributed by atoms with Crippen LogP contribution >= 0.6 is 15.9 Å². The number of aliphatic hydroxyl groups excluding tert-OH is 1. The molecule has 0 fully saturated rings. The summed E-state index contributed by atoms with van der Waals surface area (Å²) in [7, 11) is 3.96. The molecule has 0 bridgehead atoms. The van der Waals surface area contributed by atoms with Crippen molar-refractivity contribution in [3.8, 4) is 0 Å². The van der Waals surface area contributed by atoms with Crippen LogP contribution in [0.1, 0.15) is 11.6 Å². The van der Waals surface area contributed by atoms with Gasteiger partial charge in [-0.05, 0) is 17.7 Å². The Morgan fingerprint density at radius 2 is 2.14 bits per heavy atom. The molecule has 0 amide bonds. The Hall–Kier alpha value is -0.580. The number of anilines is 1. The van der Waals surface area contributed by atoms with E-state index in [2.05, 4.69) is 15.9 Å². The fraction of sp³-hybridized carbons (Fsp3) is 0.400. The highest BCUT2D eigenvalue weighted by Gasteiger charge is 2.09. The molecule has 1 aromatic carbocycles. The van der Waals surface area contributed by atoms with E-state index in [9.17, 15) is 0 Å². The molecule has 0 saturated heterocycles.